The van der Waals surface area contributed by atoms with Gasteiger partial charge in [0.25, 0.3) is 0 Å². The van der Waals surface area contributed by atoms with E-state index in [4.69, 9.17) is 21.1 Å². The first-order valence-corrected chi connectivity index (χ1v) is 7.19. The normalized spacial score (nSPS) is 11.1. The molecule has 108 valence electrons. The summed E-state index contributed by atoms with van der Waals surface area (Å²) in [5, 5.41) is 3.07. The van der Waals surface area contributed by atoms with Gasteiger partial charge in [0.1, 0.15) is 12.4 Å². The predicted molar refractivity (Wildman–Crippen MR) is 79.2 cm³/mol. The van der Waals surface area contributed by atoms with Crippen LogP contribution in [0.1, 0.15) is 25.0 Å². The summed E-state index contributed by atoms with van der Waals surface area (Å²) in [7, 11) is 0. The van der Waals surface area contributed by atoms with E-state index in [0.29, 0.717) is 19.3 Å². The molecule has 0 aromatic heterocycles. The number of benzene rings is 1. The van der Waals surface area contributed by atoms with Crippen molar-refractivity contribution in [3.8, 4) is 5.75 Å². The lowest BCUT2D eigenvalue weighted by atomic mass is 10.1. The van der Waals surface area contributed by atoms with Gasteiger partial charge in [-0.15, -0.1) is 0 Å². The van der Waals surface area contributed by atoms with Gasteiger partial charge in [-0.3, -0.25) is 0 Å². The molecule has 1 aromatic rings. The fourth-order valence-corrected chi connectivity index (χ4v) is 1.90. The Morgan fingerprint density at radius 2 is 1.74 bits per heavy atom. The number of ether oxygens (including phenoxy) is 2. The fourth-order valence-electron chi connectivity index (χ4n) is 1.79. The second kappa shape index (κ2) is 8.41. The van der Waals surface area contributed by atoms with Crippen molar-refractivity contribution in [2.45, 2.75) is 33.7 Å². The van der Waals surface area contributed by atoms with Gasteiger partial charge in [0.2, 0.25) is 0 Å². The van der Waals surface area contributed by atoms with Crippen LogP contribution in [0.5, 0.6) is 5.75 Å². The van der Waals surface area contributed by atoms with Gasteiger partial charge in [-0.25, -0.2) is 0 Å². The van der Waals surface area contributed by atoms with Crippen molar-refractivity contribution in [2.75, 3.05) is 26.4 Å². The molecule has 0 amide bonds. The highest BCUT2D eigenvalue weighted by Gasteiger charge is 2.03. The van der Waals surface area contributed by atoms with Gasteiger partial charge in [0.15, 0.2) is 0 Å². The van der Waals surface area contributed by atoms with Crippen LogP contribution in [0.15, 0.2) is 12.1 Å². The zero-order chi connectivity index (χ0) is 14.3. The minimum absolute atomic E-state index is 0.572. The summed E-state index contributed by atoms with van der Waals surface area (Å²) in [6.07, 6.45) is 0. The van der Waals surface area contributed by atoms with Crippen LogP contribution in [0.2, 0.25) is 5.02 Å². The maximum absolute atomic E-state index is 6.11. The predicted octanol–water partition coefficient (Wildman–Crippen LogP) is 2.32. The van der Waals surface area contributed by atoms with Crippen LogP contribution in [0, 0.1) is 13.8 Å². The second-order valence-electron chi connectivity index (χ2n) is 5.10. The van der Waals surface area contributed by atoms with E-state index >= 15 is 0 Å². The average Bonchev–Trinajstić information content (AvgIpc) is 2.34. The molecule has 0 heterocycles. The van der Waals surface area contributed by atoms with E-state index in [-0.39, 0.29) is 0 Å². The summed E-state index contributed by atoms with van der Waals surface area (Å²) in [6, 6.07) is 4.55. The summed E-state index contributed by atoms with van der Waals surface area (Å²) in [4.78, 5) is 0. The van der Waals surface area contributed by atoms with Gasteiger partial charge in [-0.05, 0) is 51.0 Å². The average molecular weight is 287 g/mol. The van der Waals surface area contributed by atoms with Crippen molar-refractivity contribution >= 4 is 11.6 Å². The highest BCUT2D eigenvalue weighted by atomic mass is 35.5. The van der Waals surface area contributed by atoms with Crippen LogP contribution in [0.4, 0.5) is 0 Å². The first-order chi connectivity index (χ1) is 9.00. The minimum Gasteiger partial charge on any atom is -0.491 e. The SMILES string of the molecule is Cc1cc(OCCOCC[NH2+]C(C)C)cc(C)c1Cl. The van der Waals surface area contributed by atoms with Gasteiger partial charge in [-0.2, -0.15) is 0 Å². The molecule has 19 heavy (non-hydrogen) atoms. The topological polar surface area (TPSA) is 35.1 Å². The first-order valence-electron chi connectivity index (χ1n) is 6.81. The maximum Gasteiger partial charge on any atom is 0.120 e. The number of nitrogens with two attached hydrogens (primary N) is 1. The lowest BCUT2D eigenvalue weighted by molar-refractivity contribution is -0.684. The summed E-state index contributed by atoms with van der Waals surface area (Å²) in [5.74, 6) is 0.858. The molecule has 0 spiro atoms. The third kappa shape index (κ3) is 6.28. The van der Waals surface area contributed by atoms with E-state index in [1.165, 1.54) is 0 Å². The summed E-state index contributed by atoms with van der Waals surface area (Å²) >= 11 is 6.11. The molecule has 0 aliphatic rings. The van der Waals surface area contributed by atoms with Crippen molar-refractivity contribution < 1.29 is 14.8 Å². The quantitative estimate of drug-likeness (QED) is 0.745. The highest BCUT2D eigenvalue weighted by Crippen LogP contribution is 2.25. The number of hydrogen-bond donors (Lipinski definition) is 1. The van der Waals surface area contributed by atoms with E-state index < -0.39 is 0 Å². The molecule has 0 saturated heterocycles. The largest absolute Gasteiger partial charge is 0.491 e. The number of rotatable bonds is 8. The molecule has 0 fully saturated rings. The Labute approximate surface area is 121 Å². The zero-order valence-corrected chi connectivity index (χ0v) is 13.1. The van der Waals surface area contributed by atoms with Gasteiger partial charge in [0.05, 0.1) is 25.8 Å². The lowest BCUT2D eigenvalue weighted by Crippen LogP contribution is -2.89. The van der Waals surface area contributed by atoms with Gasteiger partial charge in [0, 0.05) is 5.02 Å². The molecule has 0 unspecified atom stereocenters. The minimum atomic E-state index is 0.572. The monoisotopic (exact) mass is 286 g/mol. The Morgan fingerprint density at radius 1 is 1.11 bits per heavy atom. The van der Waals surface area contributed by atoms with Gasteiger partial charge < -0.3 is 14.8 Å². The summed E-state index contributed by atoms with van der Waals surface area (Å²) in [6.45, 7) is 11.3. The van der Waals surface area contributed by atoms with Crippen LogP contribution in [0.3, 0.4) is 0 Å². The maximum atomic E-state index is 6.11. The first kappa shape index (κ1) is 16.3. The van der Waals surface area contributed by atoms with E-state index in [1.807, 2.05) is 26.0 Å². The molecule has 2 N–H and O–H groups in total. The zero-order valence-electron chi connectivity index (χ0n) is 12.3. The Kier molecular flexibility index (Phi) is 7.21. The van der Waals surface area contributed by atoms with Gasteiger partial charge >= 0.3 is 0 Å². The van der Waals surface area contributed by atoms with E-state index in [1.54, 1.807) is 0 Å². The van der Waals surface area contributed by atoms with E-state index in [2.05, 4.69) is 19.2 Å². The summed E-state index contributed by atoms with van der Waals surface area (Å²) in [5.41, 5.74) is 2.09. The standard InChI is InChI=1S/C15H24ClNO2/c1-11(2)17-5-6-18-7-8-19-14-9-12(3)15(16)13(4)10-14/h9-11,17H,5-8H2,1-4H3/p+1. The van der Waals surface area contributed by atoms with Crippen molar-refractivity contribution in [3.63, 3.8) is 0 Å². The molecule has 0 aliphatic heterocycles. The van der Waals surface area contributed by atoms with Crippen LogP contribution in [-0.4, -0.2) is 32.4 Å². The van der Waals surface area contributed by atoms with Crippen LogP contribution >= 0.6 is 11.6 Å². The van der Waals surface area contributed by atoms with Crippen molar-refractivity contribution in [1.82, 2.24) is 0 Å². The third-order valence-corrected chi connectivity index (χ3v) is 3.40. The number of quaternary nitrogens is 1. The molecule has 3 nitrogen and oxygen atoms in total. The highest BCUT2D eigenvalue weighted by molar-refractivity contribution is 6.32. The second-order valence-corrected chi connectivity index (χ2v) is 5.48. The number of halogens is 1. The molecule has 0 radical (unpaired) electrons. The molecular formula is C15H25ClNO2+. The van der Waals surface area contributed by atoms with Crippen molar-refractivity contribution in [2.24, 2.45) is 0 Å². The van der Waals surface area contributed by atoms with Crippen LogP contribution in [0.25, 0.3) is 0 Å². The summed E-state index contributed by atoms with van der Waals surface area (Å²) < 4.78 is 11.2. The third-order valence-electron chi connectivity index (χ3n) is 2.81. The van der Waals surface area contributed by atoms with Crippen LogP contribution < -0.4 is 10.1 Å². The Balaban J connectivity index is 2.19. The lowest BCUT2D eigenvalue weighted by Gasteiger charge is -2.10. The van der Waals surface area contributed by atoms with E-state index in [9.17, 15) is 0 Å². The van der Waals surface area contributed by atoms with Crippen LogP contribution in [-0.2, 0) is 4.74 Å². The fraction of sp³-hybridized carbons (Fsp3) is 0.600. The molecule has 0 atom stereocenters. The number of aryl methyl sites for hydroxylation is 2. The molecule has 1 aromatic carbocycles. The Bertz CT molecular complexity index is 371. The molecular weight excluding hydrogens is 262 g/mol. The van der Waals surface area contributed by atoms with Crippen molar-refractivity contribution in [3.05, 3.63) is 28.3 Å². The molecule has 1 rings (SSSR count). The molecule has 4 heteroatoms. The molecule has 0 aliphatic carbocycles. The Morgan fingerprint density at radius 3 is 2.32 bits per heavy atom. The van der Waals surface area contributed by atoms with E-state index in [0.717, 1.165) is 35.1 Å². The molecule has 0 bridgehead atoms. The van der Waals surface area contributed by atoms with Crippen molar-refractivity contribution in [1.29, 1.82) is 0 Å². The molecule has 0 saturated carbocycles. The van der Waals surface area contributed by atoms with Gasteiger partial charge in [-0.1, -0.05) is 11.6 Å². The number of hydrogen-bond acceptors (Lipinski definition) is 2. The Hall–Kier alpha value is -0.770. The smallest absolute Gasteiger partial charge is 0.120 e.